The van der Waals surface area contributed by atoms with Gasteiger partial charge in [0.1, 0.15) is 0 Å². The lowest BCUT2D eigenvalue weighted by molar-refractivity contribution is 0.0828. The van der Waals surface area contributed by atoms with E-state index in [-0.39, 0.29) is 11.9 Å². The smallest absolute Gasteiger partial charge is 0.251 e. The van der Waals surface area contributed by atoms with Crippen molar-refractivity contribution in [1.82, 2.24) is 10.2 Å². The largest absolute Gasteiger partial charge is 0.349 e. The molecule has 0 aliphatic carbocycles. The van der Waals surface area contributed by atoms with Gasteiger partial charge in [-0.25, -0.2) is 0 Å². The molecule has 2 aromatic carbocycles. The number of hydrogen-bond donors (Lipinski definition) is 1. The molecule has 0 unspecified atom stereocenters. The number of halogens is 1. The molecule has 2 aromatic rings. The average Bonchev–Trinajstić information content (AvgIpc) is 2.86. The van der Waals surface area contributed by atoms with Gasteiger partial charge < -0.3 is 5.32 Å². The molecule has 2 fully saturated rings. The number of amides is 1. The molecule has 2 aliphatic heterocycles. The lowest BCUT2D eigenvalue weighted by Crippen LogP contribution is -2.49. The van der Waals surface area contributed by atoms with Crippen LogP contribution >= 0.6 is 11.6 Å². The fraction of sp³-hybridized carbons (Fsp3) is 0.381. The number of carbonyl (C=O) groups is 1. The van der Waals surface area contributed by atoms with Crippen molar-refractivity contribution in [2.24, 2.45) is 0 Å². The maximum atomic E-state index is 12.5. The van der Waals surface area contributed by atoms with Gasteiger partial charge in [-0.3, -0.25) is 9.69 Å². The van der Waals surface area contributed by atoms with Crippen LogP contribution in [0.2, 0.25) is 5.02 Å². The molecule has 3 nitrogen and oxygen atoms in total. The highest BCUT2D eigenvalue weighted by molar-refractivity contribution is 6.30. The molecule has 1 N–H and O–H groups in total. The molecule has 1 amide bonds. The topological polar surface area (TPSA) is 32.3 Å². The van der Waals surface area contributed by atoms with E-state index in [1.54, 1.807) is 24.3 Å². The van der Waals surface area contributed by atoms with E-state index >= 15 is 0 Å². The normalized spacial score (nSPS) is 25.7. The van der Waals surface area contributed by atoms with E-state index in [1.807, 2.05) is 0 Å². The molecular formula is C21H23ClN2O. The van der Waals surface area contributed by atoms with Crippen LogP contribution in [-0.4, -0.2) is 28.9 Å². The van der Waals surface area contributed by atoms with Crippen molar-refractivity contribution in [3.8, 4) is 0 Å². The lowest BCUT2D eigenvalue weighted by atomic mass is 9.96. The minimum Gasteiger partial charge on any atom is -0.349 e. The Hall–Kier alpha value is -1.84. The van der Waals surface area contributed by atoms with Gasteiger partial charge in [0.05, 0.1) is 0 Å². The van der Waals surface area contributed by atoms with E-state index in [4.69, 9.17) is 11.6 Å². The second kappa shape index (κ2) is 7.19. The summed E-state index contributed by atoms with van der Waals surface area (Å²) in [6.45, 7) is 1.02. The summed E-state index contributed by atoms with van der Waals surface area (Å²) in [5.41, 5.74) is 2.06. The Kier molecular flexibility index (Phi) is 4.78. The first-order chi connectivity index (χ1) is 12.2. The maximum Gasteiger partial charge on any atom is 0.251 e. The minimum absolute atomic E-state index is 0.0116. The molecule has 25 heavy (non-hydrogen) atoms. The molecule has 130 valence electrons. The number of benzene rings is 2. The zero-order chi connectivity index (χ0) is 17.2. The fourth-order valence-electron chi connectivity index (χ4n) is 4.31. The van der Waals surface area contributed by atoms with Crippen LogP contribution in [0.5, 0.6) is 0 Å². The van der Waals surface area contributed by atoms with Gasteiger partial charge in [-0.1, -0.05) is 41.9 Å². The van der Waals surface area contributed by atoms with Gasteiger partial charge in [-0.2, -0.15) is 0 Å². The van der Waals surface area contributed by atoms with Crippen LogP contribution in [0.25, 0.3) is 0 Å². The van der Waals surface area contributed by atoms with Crippen molar-refractivity contribution >= 4 is 17.5 Å². The summed E-state index contributed by atoms with van der Waals surface area (Å²) < 4.78 is 0. The third-order valence-corrected chi connectivity index (χ3v) is 5.79. The van der Waals surface area contributed by atoms with Crippen molar-refractivity contribution < 1.29 is 4.79 Å². The number of piperidine rings is 1. The quantitative estimate of drug-likeness (QED) is 0.889. The first kappa shape index (κ1) is 16.6. The fourth-order valence-corrected chi connectivity index (χ4v) is 4.44. The van der Waals surface area contributed by atoms with Crippen LogP contribution in [0.4, 0.5) is 0 Å². The predicted octanol–water partition coefficient (Wildman–Crippen LogP) is 4.27. The van der Waals surface area contributed by atoms with E-state index in [1.165, 1.54) is 18.4 Å². The summed E-state index contributed by atoms with van der Waals surface area (Å²) in [5.74, 6) is 0.0116. The highest BCUT2D eigenvalue weighted by atomic mass is 35.5. The molecule has 0 spiro atoms. The summed E-state index contributed by atoms with van der Waals surface area (Å²) in [4.78, 5) is 15.1. The average molecular weight is 355 g/mol. The minimum atomic E-state index is 0.0116. The van der Waals surface area contributed by atoms with Gasteiger partial charge in [0, 0.05) is 35.3 Å². The Bertz CT molecular complexity index is 717. The maximum absolute atomic E-state index is 12.5. The number of rotatable bonds is 4. The van der Waals surface area contributed by atoms with Crippen molar-refractivity contribution in [2.75, 3.05) is 0 Å². The Labute approximate surface area is 154 Å². The number of hydrogen-bond acceptors (Lipinski definition) is 2. The lowest BCUT2D eigenvalue weighted by Gasteiger charge is -2.39. The molecule has 4 rings (SSSR count). The molecule has 2 bridgehead atoms. The van der Waals surface area contributed by atoms with Crippen molar-refractivity contribution in [2.45, 2.75) is 50.4 Å². The summed E-state index contributed by atoms with van der Waals surface area (Å²) >= 11 is 5.90. The molecule has 0 radical (unpaired) electrons. The number of nitrogens with zero attached hydrogens (tertiary/aromatic N) is 1. The van der Waals surface area contributed by atoms with E-state index in [9.17, 15) is 4.79 Å². The van der Waals surface area contributed by atoms with Crippen LogP contribution in [0, 0.1) is 0 Å². The Morgan fingerprint density at radius 1 is 1.00 bits per heavy atom. The van der Waals surface area contributed by atoms with Crippen molar-refractivity contribution in [3.63, 3.8) is 0 Å². The van der Waals surface area contributed by atoms with Gasteiger partial charge in [0.25, 0.3) is 5.91 Å². The highest BCUT2D eigenvalue weighted by Crippen LogP contribution is 2.36. The van der Waals surface area contributed by atoms with Crippen LogP contribution in [0.3, 0.4) is 0 Å². The first-order valence-electron chi connectivity index (χ1n) is 9.05. The first-order valence-corrected chi connectivity index (χ1v) is 9.43. The van der Waals surface area contributed by atoms with E-state index < -0.39 is 0 Å². The summed E-state index contributed by atoms with van der Waals surface area (Å²) in [7, 11) is 0. The summed E-state index contributed by atoms with van der Waals surface area (Å²) in [6, 6.07) is 19.2. The Balaban J connectivity index is 1.38. The molecule has 2 aliphatic rings. The Morgan fingerprint density at radius 3 is 2.28 bits per heavy atom. The van der Waals surface area contributed by atoms with Crippen molar-refractivity contribution in [1.29, 1.82) is 0 Å². The molecular weight excluding hydrogens is 332 g/mol. The van der Waals surface area contributed by atoms with Gasteiger partial charge in [0.2, 0.25) is 0 Å². The third kappa shape index (κ3) is 3.73. The number of fused-ring (bicyclic) bond motifs is 2. The third-order valence-electron chi connectivity index (χ3n) is 5.53. The van der Waals surface area contributed by atoms with Crippen LogP contribution in [0.15, 0.2) is 54.6 Å². The van der Waals surface area contributed by atoms with E-state index in [0.717, 1.165) is 19.4 Å². The highest BCUT2D eigenvalue weighted by Gasteiger charge is 2.40. The molecule has 2 heterocycles. The number of carbonyl (C=O) groups excluding carboxylic acids is 1. The molecule has 2 saturated heterocycles. The monoisotopic (exact) mass is 354 g/mol. The second-order valence-corrected chi connectivity index (χ2v) is 7.63. The van der Waals surface area contributed by atoms with Crippen molar-refractivity contribution in [3.05, 3.63) is 70.7 Å². The molecule has 2 atom stereocenters. The van der Waals surface area contributed by atoms with Gasteiger partial charge in [-0.15, -0.1) is 0 Å². The van der Waals surface area contributed by atoms with Gasteiger partial charge in [-0.05, 0) is 55.5 Å². The summed E-state index contributed by atoms with van der Waals surface area (Å²) in [6.07, 6.45) is 4.57. The molecule has 0 aromatic heterocycles. The standard InChI is InChI=1S/C21H23ClN2O/c22-17-8-6-16(7-9-17)21(25)23-18-12-19-10-11-20(13-18)24(19)14-15-4-2-1-3-5-15/h1-9,18-20H,10-14H2,(H,23,25)/t19-,20-/m0/s1. The van der Waals surface area contributed by atoms with E-state index in [0.29, 0.717) is 22.7 Å². The van der Waals surface area contributed by atoms with E-state index in [2.05, 4.69) is 40.5 Å². The SMILES string of the molecule is O=C(NC1C[C@@H]2CC[C@@H](C1)N2Cc1ccccc1)c1ccc(Cl)cc1. The number of nitrogens with one attached hydrogen (secondary N) is 1. The van der Waals surface area contributed by atoms with Crippen LogP contribution < -0.4 is 5.32 Å². The Morgan fingerprint density at radius 2 is 1.64 bits per heavy atom. The predicted molar refractivity (Wildman–Crippen MR) is 101 cm³/mol. The second-order valence-electron chi connectivity index (χ2n) is 7.19. The van der Waals surface area contributed by atoms with Crippen LogP contribution in [0.1, 0.15) is 41.6 Å². The molecule has 0 saturated carbocycles. The zero-order valence-electron chi connectivity index (χ0n) is 14.2. The van der Waals surface area contributed by atoms with Gasteiger partial charge >= 0.3 is 0 Å². The summed E-state index contributed by atoms with van der Waals surface area (Å²) in [5, 5.41) is 3.89. The molecule has 4 heteroatoms. The zero-order valence-corrected chi connectivity index (χ0v) is 15.0. The van der Waals surface area contributed by atoms with Crippen LogP contribution in [-0.2, 0) is 6.54 Å². The van der Waals surface area contributed by atoms with Gasteiger partial charge in [0.15, 0.2) is 0 Å².